The van der Waals surface area contributed by atoms with Crippen LogP contribution in [0, 0.1) is 20.9 Å². The van der Waals surface area contributed by atoms with Gasteiger partial charge in [-0.05, 0) is 36.2 Å². The van der Waals surface area contributed by atoms with Crippen LogP contribution in [-0.4, -0.2) is 40.9 Å². The third-order valence-corrected chi connectivity index (χ3v) is 5.03. The Labute approximate surface area is 145 Å². The molecule has 2 aliphatic rings. The van der Waals surface area contributed by atoms with Gasteiger partial charge in [-0.3, -0.25) is 14.9 Å². The van der Waals surface area contributed by atoms with Crippen molar-refractivity contribution < 1.29 is 23.7 Å². The number of esters is 1. The molecule has 0 spiro atoms. The van der Waals surface area contributed by atoms with Gasteiger partial charge in [0, 0.05) is 12.6 Å². The van der Waals surface area contributed by atoms with Gasteiger partial charge in [0.1, 0.15) is 4.92 Å². The van der Waals surface area contributed by atoms with Gasteiger partial charge in [0.2, 0.25) is 5.76 Å². The molecule has 1 aliphatic heterocycles. The molecule has 2 atom stereocenters. The SMILES string of the molecule is CC1(C)C[C@H]2C[C@](C)(CN2C(=O)COC(=O)c2ccc([N+](=O)[O-])o2)C1. The molecule has 136 valence electrons. The summed E-state index contributed by atoms with van der Waals surface area (Å²) in [5, 5.41) is 10.6. The second-order valence-electron chi connectivity index (χ2n) is 8.21. The van der Waals surface area contributed by atoms with Crippen molar-refractivity contribution in [1.82, 2.24) is 4.90 Å². The van der Waals surface area contributed by atoms with Crippen molar-refractivity contribution in [2.75, 3.05) is 13.2 Å². The molecule has 1 saturated carbocycles. The first-order valence-corrected chi connectivity index (χ1v) is 8.29. The number of ether oxygens (including phenoxy) is 1. The molecule has 0 N–H and O–H groups in total. The molecule has 8 nitrogen and oxygen atoms in total. The van der Waals surface area contributed by atoms with Crippen molar-refractivity contribution in [3.8, 4) is 0 Å². The van der Waals surface area contributed by atoms with Crippen LogP contribution in [0.4, 0.5) is 5.88 Å². The summed E-state index contributed by atoms with van der Waals surface area (Å²) in [6.45, 7) is 6.91. The van der Waals surface area contributed by atoms with Crippen molar-refractivity contribution in [2.45, 2.75) is 46.1 Å². The molecular formula is C17H22N2O6. The summed E-state index contributed by atoms with van der Waals surface area (Å²) >= 11 is 0. The minimum atomic E-state index is -0.879. The number of fused-ring (bicyclic) bond motifs is 2. The molecule has 0 radical (unpaired) electrons. The Morgan fingerprint density at radius 1 is 1.36 bits per heavy atom. The predicted molar refractivity (Wildman–Crippen MR) is 86.9 cm³/mol. The van der Waals surface area contributed by atoms with Gasteiger partial charge in [-0.25, -0.2) is 4.79 Å². The molecule has 0 aromatic carbocycles. The summed E-state index contributed by atoms with van der Waals surface area (Å²) < 4.78 is 9.76. The van der Waals surface area contributed by atoms with E-state index in [1.807, 2.05) is 4.90 Å². The number of likely N-dealkylation sites (tertiary alicyclic amines) is 1. The number of carbonyl (C=O) groups excluding carboxylic acids is 2. The van der Waals surface area contributed by atoms with Crippen LogP contribution in [0.5, 0.6) is 0 Å². The van der Waals surface area contributed by atoms with Crippen LogP contribution in [0.2, 0.25) is 0 Å². The maximum atomic E-state index is 12.5. The Morgan fingerprint density at radius 2 is 2.08 bits per heavy atom. The fourth-order valence-corrected chi connectivity index (χ4v) is 4.57. The van der Waals surface area contributed by atoms with Gasteiger partial charge in [-0.2, -0.15) is 0 Å². The maximum absolute atomic E-state index is 12.5. The van der Waals surface area contributed by atoms with Crippen molar-refractivity contribution in [3.63, 3.8) is 0 Å². The van der Waals surface area contributed by atoms with Gasteiger partial charge in [0.05, 0.1) is 6.07 Å². The first-order chi connectivity index (χ1) is 11.6. The lowest BCUT2D eigenvalue weighted by atomic mass is 9.65. The maximum Gasteiger partial charge on any atom is 0.433 e. The summed E-state index contributed by atoms with van der Waals surface area (Å²) in [5.74, 6) is -1.94. The number of hydrogen-bond acceptors (Lipinski definition) is 6. The van der Waals surface area contributed by atoms with E-state index in [4.69, 9.17) is 9.15 Å². The van der Waals surface area contributed by atoms with Crippen LogP contribution < -0.4 is 0 Å². The highest BCUT2D eigenvalue weighted by molar-refractivity contribution is 5.89. The second kappa shape index (κ2) is 5.86. The second-order valence-corrected chi connectivity index (χ2v) is 8.21. The van der Waals surface area contributed by atoms with E-state index in [9.17, 15) is 19.7 Å². The number of rotatable bonds is 4. The van der Waals surface area contributed by atoms with E-state index in [-0.39, 0.29) is 35.1 Å². The Kier molecular flexibility index (Phi) is 4.09. The quantitative estimate of drug-likeness (QED) is 0.470. The molecule has 1 saturated heterocycles. The number of amides is 1. The monoisotopic (exact) mass is 350 g/mol. The Morgan fingerprint density at radius 3 is 2.72 bits per heavy atom. The van der Waals surface area contributed by atoms with Crippen LogP contribution in [0.25, 0.3) is 0 Å². The number of hydrogen-bond donors (Lipinski definition) is 0. The number of carbonyl (C=O) groups is 2. The molecule has 25 heavy (non-hydrogen) atoms. The molecule has 3 rings (SSSR count). The van der Waals surface area contributed by atoms with Crippen molar-refractivity contribution in [2.24, 2.45) is 10.8 Å². The van der Waals surface area contributed by atoms with Crippen molar-refractivity contribution in [3.05, 3.63) is 28.0 Å². The molecule has 1 aromatic heterocycles. The fraction of sp³-hybridized carbons (Fsp3) is 0.647. The van der Waals surface area contributed by atoms with Gasteiger partial charge < -0.3 is 14.1 Å². The van der Waals surface area contributed by atoms with E-state index < -0.39 is 16.8 Å². The molecule has 1 aliphatic carbocycles. The Balaban J connectivity index is 1.59. The summed E-state index contributed by atoms with van der Waals surface area (Å²) in [6.07, 6.45) is 2.98. The molecule has 2 bridgehead atoms. The lowest BCUT2D eigenvalue weighted by Gasteiger charge is -2.39. The first-order valence-electron chi connectivity index (χ1n) is 8.29. The topological polar surface area (TPSA) is 103 Å². The van der Waals surface area contributed by atoms with Gasteiger partial charge in [0.25, 0.3) is 5.91 Å². The highest BCUT2D eigenvalue weighted by atomic mass is 16.7. The zero-order valence-corrected chi connectivity index (χ0v) is 14.6. The van der Waals surface area contributed by atoms with Crippen LogP contribution in [0.15, 0.2) is 16.5 Å². The zero-order chi connectivity index (χ0) is 18.4. The van der Waals surface area contributed by atoms with Crippen molar-refractivity contribution >= 4 is 17.8 Å². The van der Waals surface area contributed by atoms with E-state index in [0.717, 1.165) is 31.4 Å². The van der Waals surface area contributed by atoms with Crippen LogP contribution in [0.3, 0.4) is 0 Å². The van der Waals surface area contributed by atoms with Crippen LogP contribution in [0.1, 0.15) is 50.6 Å². The fourth-order valence-electron chi connectivity index (χ4n) is 4.57. The normalized spacial score (nSPS) is 27.2. The Bertz CT molecular complexity index is 724. The van der Waals surface area contributed by atoms with E-state index in [1.54, 1.807) is 0 Å². The van der Waals surface area contributed by atoms with Crippen LogP contribution in [-0.2, 0) is 9.53 Å². The number of nitrogens with zero attached hydrogens (tertiary/aromatic N) is 2. The summed E-state index contributed by atoms with van der Waals surface area (Å²) in [4.78, 5) is 36.0. The molecule has 1 aromatic rings. The Hall–Kier alpha value is -2.38. The zero-order valence-electron chi connectivity index (χ0n) is 14.6. The molecular weight excluding hydrogens is 328 g/mol. The number of nitro groups is 1. The summed E-state index contributed by atoms with van der Waals surface area (Å²) in [7, 11) is 0. The summed E-state index contributed by atoms with van der Waals surface area (Å²) in [5.41, 5.74) is 0.296. The average molecular weight is 350 g/mol. The largest absolute Gasteiger partial charge is 0.450 e. The molecule has 8 heteroatoms. The summed E-state index contributed by atoms with van der Waals surface area (Å²) in [6, 6.07) is 2.41. The van der Waals surface area contributed by atoms with Gasteiger partial charge in [-0.1, -0.05) is 20.8 Å². The lowest BCUT2D eigenvalue weighted by Crippen LogP contribution is -2.39. The average Bonchev–Trinajstić information content (AvgIpc) is 3.06. The third kappa shape index (κ3) is 3.52. The lowest BCUT2D eigenvalue weighted by molar-refractivity contribution is -0.402. The molecule has 2 heterocycles. The van der Waals surface area contributed by atoms with E-state index >= 15 is 0 Å². The minimum Gasteiger partial charge on any atom is -0.450 e. The smallest absolute Gasteiger partial charge is 0.433 e. The highest BCUT2D eigenvalue weighted by Crippen LogP contribution is 2.52. The van der Waals surface area contributed by atoms with E-state index in [0.29, 0.717) is 6.54 Å². The van der Waals surface area contributed by atoms with Crippen molar-refractivity contribution in [1.29, 1.82) is 0 Å². The van der Waals surface area contributed by atoms with E-state index in [1.165, 1.54) is 0 Å². The predicted octanol–water partition coefficient (Wildman–Crippen LogP) is 2.77. The minimum absolute atomic E-state index is 0.105. The number of furan rings is 1. The van der Waals surface area contributed by atoms with Gasteiger partial charge >= 0.3 is 11.9 Å². The first kappa shape index (κ1) is 17.4. The standard InChI is InChI=1S/C17H22N2O6/c1-16(2)6-11-7-17(3,9-16)10-18(11)13(20)8-24-15(21)12-4-5-14(25-12)19(22)23/h4-5,11H,6-10H2,1-3H3/t11-,17-/m0/s1. The van der Waals surface area contributed by atoms with E-state index in [2.05, 4.69) is 20.8 Å². The molecule has 0 unspecified atom stereocenters. The van der Waals surface area contributed by atoms with Gasteiger partial charge in [0.15, 0.2) is 6.61 Å². The van der Waals surface area contributed by atoms with Crippen LogP contribution >= 0.6 is 0 Å². The highest BCUT2D eigenvalue weighted by Gasteiger charge is 2.50. The van der Waals surface area contributed by atoms with Gasteiger partial charge in [-0.15, -0.1) is 0 Å². The molecule has 1 amide bonds. The molecule has 2 fully saturated rings. The third-order valence-electron chi connectivity index (χ3n) is 5.03.